The molecule has 6 aromatic carbocycles. The van der Waals surface area contributed by atoms with E-state index in [1.165, 1.54) is 48.5 Å². The molecule has 0 aliphatic carbocycles. The highest BCUT2D eigenvalue weighted by atomic mass is 35.5. The highest BCUT2D eigenvalue weighted by Gasteiger charge is 2.33. The summed E-state index contributed by atoms with van der Waals surface area (Å²) in [6, 6.07) is 17.5. The van der Waals surface area contributed by atoms with Crippen molar-refractivity contribution in [3.8, 4) is 51.3 Å². The number of hydrogen-bond acceptors (Lipinski definition) is 29. The largest absolute Gasteiger partial charge is 0.504 e. The molecule has 6 heterocycles. The highest BCUT2D eigenvalue weighted by molar-refractivity contribution is 7.93. The first-order chi connectivity index (χ1) is 44.6. The Bertz CT molecular complexity index is 6270. The topological polar surface area (TPSA) is 613 Å². The van der Waals surface area contributed by atoms with Gasteiger partial charge in [-0.15, -0.1) is 0 Å². The molecular weight excluding hydrogens is 1460 g/mol. The zero-order valence-corrected chi connectivity index (χ0v) is 53.9. The van der Waals surface area contributed by atoms with E-state index in [1.54, 1.807) is 0 Å². The number of aromatic nitrogens is 11. The van der Waals surface area contributed by atoms with Gasteiger partial charge in [-0.1, -0.05) is 48.5 Å². The number of sulfonamides is 2. The van der Waals surface area contributed by atoms with Gasteiger partial charge in [0, 0.05) is 32.7 Å². The number of nitrogens with zero attached hydrogens (tertiary/aromatic N) is 9. The molecule has 0 spiro atoms. The average Bonchev–Trinajstić information content (AvgIpc) is 1.57. The maximum Gasteiger partial charge on any atom is 0.397 e. The van der Waals surface area contributed by atoms with Crippen molar-refractivity contribution >= 4 is 165 Å². The number of phenols is 1. The Balaban J connectivity index is 1.03. The number of sulfone groups is 1. The second kappa shape index (κ2) is 23.1. The first-order valence-corrected chi connectivity index (χ1v) is 37.9. The van der Waals surface area contributed by atoms with Gasteiger partial charge < -0.3 is 25.7 Å². The van der Waals surface area contributed by atoms with Gasteiger partial charge in [-0.3, -0.25) is 27.5 Å². The summed E-state index contributed by atoms with van der Waals surface area (Å²) in [5, 5.41) is 19.5. The molecule has 10 aromatic rings. The molecule has 0 saturated heterocycles. The van der Waals surface area contributed by atoms with Crippen LogP contribution in [0.25, 0.3) is 89.7 Å². The summed E-state index contributed by atoms with van der Waals surface area (Å²) in [6.45, 7) is -1.21. The Morgan fingerprint density at radius 2 is 0.938 bits per heavy atom. The summed E-state index contributed by atoms with van der Waals surface area (Å²) in [4.78, 5) is 38.6. The van der Waals surface area contributed by atoms with Gasteiger partial charge in [-0.25, -0.2) is 64.5 Å². The Labute approximate surface area is 542 Å². The predicted octanol–water partition coefficient (Wildman–Crippen LogP) is 3.93. The number of nitrogens with one attached hydrogen (secondary N) is 5. The van der Waals surface area contributed by atoms with E-state index in [9.17, 15) is 82.2 Å². The van der Waals surface area contributed by atoms with Crippen LogP contribution in [-0.4, -0.2) is 162 Å². The number of aromatic hydroxyl groups is 1. The number of rotatable bonds is 17. The van der Waals surface area contributed by atoms with Gasteiger partial charge in [-0.2, -0.15) is 57.0 Å². The molecule has 4 aromatic heterocycles. The van der Waals surface area contributed by atoms with Gasteiger partial charge in [0.2, 0.25) is 27.2 Å². The average molecular weight is 1490 g/mol. The number of phenolic OH excluding ortho intramolecular Hbond substituents is 1. The van der Waals surface area contributed by atoms with Gasteiger partial charge in [-0.05, 0) is 66.2 Å². The predicted molar refractivity (Wildman–Crippen MR) is 333 cm³/mol. The lowest BCUT2D eigenvalue weighted by atomic mass is 10.1. The first kappa shape index (κ1) is 66.5. The second-order valence-electron chi connectivity index (χ2n) is 20.0. The van der Waals surface area contributed by atoms with Crippen molar-refractivity contribution in [2.75, 3.05) is 27.7 Å². The molecule has 8 bridgehead atoms. The molecule has 96 heavy (non-hydrogen) atoms. The molecular formula is C49H34ClN15O23S8. The third-order valence-electron chi connectivity index (χ3n) is 13.8. The molecule has 38 nitrogen and oxygen atoms in total. The summed E-state index contributed by atoms with van der Waals surface area (Å²) >= 11 is 6.17. The number of halogens is 1. The maximum atomic E-state index is 15.1. The van der Waals surface area contributed by atoms with Crippen LogP contribution in [0.4, 0.5) is 29.0 Å². The molecule has 0 atom stereocenters. The number of nitrogens with two attached hydrogens (primary N) is 1. The van der Waals surface area contributed by atoms with Crippen molar-refractivity contribution in [1.82, 2.24) is 54.8 Å². The standard InChI is InChI=1S/C49H34ClN15O23S8/c50-47-62-48(64-49(63-47)53-27-18-21(19-33(38(27)66)95(82,83)84)89(67,68)16-15-88-96(85,86)87)52-26-17-20(13-14-28(26)92(73,74)75)65-91(71,72)30-10-2-6-23-35(30)44-56-40(23)55-43-34-22(5-1-9-29(34)90(51,69)70)39(54-43)58-45-37-25(8-4-12-32(37)94(79,80)81)42(60-45)61-46-36-24(41(57-44)59-46)7-3-11-31(36)93(76,77)78/h1-14,17-19,65-66H,15-16H2,(H2,51,69,70)(H,73,74,75)(H,76,77,78)(H,79,80,81)(H,82,83,84)(H,85,86,87)(H2,52,53,62,63,64)(H2,54,55,56,57,58,59,60,61). The van der Waals surface area contributed by atoms with Crippen LogP contribution in [0.1, 0.15) is 0 Å². The van der Waals surface area contributed by atoms with E-state index in [4.69, 9.17) is 21.3 Å². The van der Waals surface area contributed by atoms with Crippen molar-refractivity contribution in [2.45, 2.75) is 34.3 Å². The van der Waals surface area contributed by atoms with Crippen LogP contribution >= 0.6 is 11.6 Å². The molecule has 0 radical (unpaired) electrons. The van der Waals surface area contributed by atoms with Crippen LogP contribution in [0.5, 0.6) is 5.75 Å². The van der Waals surface area contributed by atoms with Gasteiger partial charge in [0.05, 0.1) is 55.2 Å². The van der Waals surface area contributed by atoms with E-state index in [-0.39, 0.29) is 67.1 Å². The number of hydrogen-bond donors (Lipinski definition) is 12. The molecule has 2 aliphatic heterocycles. The number of H-pyrrole nitrogens is 2. The van der Waals surface area contributed by atoms with Gasteiger partial charge in [0.15, 0.2) is 38.9 Å². The van der Waals surface area contributed by atoms with E-state index >= 15 is 8.42 Å². The second-order valence-corrected chi connectivity index (χ2v) is 32.3. The van der Waals surface area contributed by atoms with Crippen LogP contribution < -0.4 is 20.5 Å². The third-order valence-corrected chi connectivity index (χ3v) is 22.1. The van der Waals surface area contributed by atoms with Crippen molar-refractivity contribution in [1.29, 1.82) is 0 Å². The third kappa shape index (κ3) is 12.8. The summed E-state index contributed by atoms with van der Waals surface area (Å²) in [6.07, 6.45) is 0. The Kier molecular flexibility index (Phi) is 16.0. The molecule has 13 N–H and O–H groups in total. The van der Waals surface area contributed by atoms with Gasteiger partial charge in [0.1, 0.15) is 42.2 Å². The van der Waals surface area contributed by atoms with E-state index in [0.717, 1.165) is 36.4 Å². The van der Waals surface area contributed by atoms with E-state index < -0.39 is 196 Å². The zero-order valence-electron chi connectivity index (χ0n) is 46.6. The molecule has 2 aliphatic rings. The van der Waals surface area contributed by atoms with Gasteiger partial charge >= 0.3 is 10.4 Å². The number of fused-ring (bicyclic) bond motifs is 20. The van der Waals surface area contributed by atoms with Crippen molar-refractivity contribution < 1.29 is 99.4 Å². The zero-order chi connectivity index (χ0) is 69.4. The summed E-state index contributed by atoms with van der Waals surface area (Å²) < 4.78 is 264. The summed E-state index contributed by atoms with van der Waals surface area (Å²) in [5.41, 5.74) is -4.60. The normalized spacial score (nSPS) is 13.2. The lowest BCUT2D eigenvalue weighted by molar-refractivity contribution is 0.283. The molecule has 47 heteroatoms. The molecule has 498 valence electrons. The van der Waals surface area contributed by atoms with E-state index in [0.29, 0.717) is 12.1 Å². The van der Waals surface area contributed by atoms with Crippen LogP contribution in [0, 0.1) is 0 Å². The van der Waals surface area contributed by atoms with Crippen molar-refractivity contribution in [3.05, 3.63) is 108 Å². The summed E-state index contributed by atoms with van der Waals surface area (Å²) in [5.74, 6) is -6.03. The fraction of sp³-hybridized carbons (Fsp3) is 0.0408. The molecule has 0 saturated carbocycles. The minimum atomic E-state index is -5.49. The lowest BCUT2D eigenvalue weighted by Crippen LogP contribution is -2.16. The SMILES string of the molecule is NS(=O)(=O)c1cccc2c1-c1nc-2nc2[nH]c(nc3nc(nc4[nH]c(n1)c1cccc(S(=O)(=O)Nc5ccc(S(=O)(=O)O)c(Nc6nc(Cl)nc(Nc7cc(S(=O)(=O)CCOS(=O)(=O)O)cc(S(=O)(=O)O)c7O)n6)c5)c41)-c1cccc(S(=O)(=O)O)c1-3)c1cccc(S(=O)(=O)O)c21. The number of aromatic amines is 2. The number of primary sulfonamides is 1. The number of benzene rings is 6. The smallest absolute Gasteiger partial charge is 0.397 e. The Morgan fingerprint density at radius 3 is 1.46 bits per heavy atom. The summed E-state index contributed by atoms with van der Waals surface area (Å²) in [7, 11) is -40.9. The Hall–Kier alpha value is -9.50. The lowest BCUT2D eigenvalue weighted by Gasteiger charge is -2.15. The molecule has 0 fully saturated rings. The molecule has 0 unspecified atom stereocenters. The minimum absolute atomic E-state index is 0.0831. The first-order valence-electron chi connectivity index (χ1n) is 25.7. The monoisotopic (exact) mass is 1490 g/mol. The molecule has 12 rings (SSSR count). The van der Waals surface area contributed by atoms with Crippen LogP contribution in [-0.2, 0) is 84.9 Å². The van der Waals surface area contributed by atoms with Gasteiger partial charge in [0.25, 0.3) is 50.5 Å². The molecule has 0 amide bonds. The van der Waals surface area contributed by atoms with E-state index in [2.05, 4.69) is 74.4 Å². The fourth-order valence-corrected chi connectivity index (χ4v) is 16.5. The fourth-order valence-electron chi connectivity index (χ4n) is 10.00. The minimum Gasteiger partial charge on any atom is -0.504 e. The van der Waals surface area contributed by atoms with Crippen LogP contribution in [0.15, 0.2) is 137 Å². The van der Waals surface area contributed by atoms with Crippen molar-refractivity contribution in [2.24, 2.45) is 5.14 Å². The quantitative estimate of drug-likeness (QED) is 0.0454. The van der Waals surface area contributed by atoms with Crippen LogP contribution in [0.3, 0.4) is 0 Å². The highest BCUT2D eigenvalue weighted by Crippen LogP contribution is 2.43. The van der Waals surface area contributed by atoms with Crippen LogP contribution in [0.2, 0.25) is 5.28 Å². The number of anilines is 5. The van der Waals surface area contributed by atoms with Crippen molar-refractivity contribution in [3.63, 3.8) is 0 Å². The Morgan fingerprint density at radius 1 is 0.469 bits per heavy atom. The van der Waals surface area contributed by atoms with E-state index in [1.807, 2.05) is 0 Å². The maximum absolute atomic E-state index is 15.1.